The van der Waals surface area contributed by atoms with Crippen LogP contribution in [0.4, 0.5) is 0 Å². The van der Waals surface area contributed by atoms with E-state index >= 15 is 0 Å². The van der Waals surface area contributed by atoms with Crippen LogP contribution in [-0.4, -0.2) is 11.2 Å². The summed E-state index contributed by atoms with van der Waals surface area (Å²) in [5.41, 5.74) is 3.74. The molecule has 0 bridgehead atoms. The summed E-state index contributed by atoms with van der Waals surface area (Å²) in [6.45, 7) is 19.1. The maximum absolute atomic E-state index is 10.8. The van der Waals surface area contributed by atoms with Crippen molar-refractivity contribution in [3.8, 4) is 0 Å². The monoisotopic (exact) mass is 426 g/mol. The summed E-state index contributed by atoms with van der Waals surface area (Å²) < 4.78 is 0. The molecule has 1 N–H and O–H groups in total. The molecule has 0 aromatic rings. The number of rotatable bonds is 5. The van der Waals surface area contributed by atoms with E-state index in [2.05, 4.69) is 48.1 Å². The zero-order valence-corrected chi connectivity index (χ0v) is 21.5. The fourth-order valence-electron chi connectivity index (χ4n) is 11.2. The van der Waals surface area contributed by atoms with E-state index in [1.807, 2.05) is 0 Å². The van der Waals surface area contributed by atoms with Gasteiger partial charge in [0.05, 0.1) is 6.10 Å². The first kappa shape index (κ1) is 22.5. The van der Waals surface area contributed by atoms with Crippen LogP contribution < -0.4 is 0 Å². The van der Waals surface area contributed by atoms with Gasteiger partial charge in [0.15, 0.2) is 0 Å². The Morgan fingerprint density at radius 2 is 1.58 bits per heavy atom. The lowest BCUT2D eigenvalue weighted by Crippen LogP contribution is -2.57. The van der Waals surface area contributed by atoms with Crippen LogP contribution in [0.15, 0.2) is 12.2 Å². The molecular weight excluding hydrogens is 376 g/mol. The number of aliphatic hydroxyl groups is 1. The van der Waals surface area contributed by atoms with Crippen LogP contribution in [-0.2, 0) is 0 Å². The van der Waals surface area contributed by atoms with Crippen LogP contribution >= 0.6 is 0 Å². The van der Waals surface area contributed by atoms with Crippen molar-refractivity contribution in [2.24, 2.45) is 50.7 Å². The van der Waals surface area contributed by atoms with Gasteiger partial charge in [-0.1, -0.05) is 46.6 Å². The van der Waals surface area contributed by atoms with Gasteiger partial charge < -0.3 is 5.11 Å². The molecule has 9 atom stereocenters. The highest BCUT2D eigenvalue weighted by Crippen LogP contribution is 2.89. The molecule has 0 aliphatic heterocycles. The molecule has 31 heavy (non-hydrogen) atoms. The highest BCUT2D eigenvalue weighted by atomic mass is 16.3. The zero-order chi connectivity index (χ0) is 22.4. The summed E-state index contributed by atoms with van der Waals surface area (Å²) >= 11 is 0. The normalized spacial score (nSPS) is 53.0. The summed E-state index contributed by atoms with van der Waals surface area (Å²) in [4.78, 5) is 0. The third kappa shape index (κ3) is 2.71. The highest BCUT2D eigenvalue weighted by Gasteiger charge is 2.82. The molecular formula is C30H50O. The molecule has 5 aliphatic rings. The Hall–Kier alpha value is -0.300. The first-order valence-electron chi connectivity index (χ1n) is 13.8. The van der Waals surface area contributed by atoms with Crippen molar-refractivity contribution in [3.63, 3.8) is 0 Å². The quantitative estimate of drug-likeness (QED) is 0.439. The minimum atomic E-state index is -0.0855. The van der Waals surface area contributed by atoms with Crippen molar-refractivity contribution in [2.45, 2.75) is 125 Å². The Labute approximate surface area is 192 Å². The lowest BCUT2D eigenvalue weighted by atomic mass is 9.41. The number of allylic oxidation sites excluding steroid dienone is 1. The van der Waals surface area contributed by atoms with Gasteiger partial charge in [-0.2, -0.15) is 0 Å². The number of fused-ring (bicyclic) bond motifs is 2. The minimum absolute atomic E-state index is 0.0855. The second kappa shape index (κ2) is 6.86. The topological polar surface area (TPSA) is 20.2 Å². The lowest BCUT2D eigenvalue weighted by molar-refractivity contribution is -0.161. The second-order valence-electron chi connectivity index (χ2n) is 14.4. The minimum Gasteiger partial charge on any atom is -0.393 e. The molecule has 0 amide bonds. The van der Waals surface area contributed by atoms with E-state index in [9.17, 15) is 5.11 Å². The van der Waals surface area contributed by atoms with Crippen LogP contribution in [0.3, 0.4) is 0 Å². The molecule has 0 radical (unpaired) electrons. The summed E-state index contributed by atoms with van der Waals surface area (Å²) in [5, 5.41) is 10.8. The molecule has 0 heterocycles. The van der Waals surface area contributed by atoms with Crippen molar-refractivity contribution in [3.05, 3.63) is 12.2 Å². The van der Waals surface area contributed by atoms with Crippen LogP contribution in [0.2, 0.25) is 0 Å². The molecule has 0 aromatic heterocycles. The molecule has 0 saturated heterocycles. The third-order valence-electron chi connectivity index (χ3n) is 13.1. The van der Waals surface area contributed by atoms with Crippen LogP contribution in [0.25, 0.3) is 0 Å². The molecule has 1 nitrogen and oxygen atoms in total. The van der Waals surface area contributed by atoms with E-state index in [4.69, 9.17) is 0 Å². The first-order valence-corrected chi connectivity index (χ1v) is 13.8. The van der Waals surface area contributed by atoms with Crippen molar-refractivity contribution in [1.29, 1.82) is 0 Å². The van der Waals surface area contributed by atoms with Crippen molar-refractivity contribution in [2.75, 3.05) is 0 Å². The molecule has 5 rings (SSSR count). The molecule has 2 spiro atoms. The average Bonchev–Trinajstić information content (AvgIpc) is 3.27. The summed E-state index contributed by atoms with van der Waals surface area (Å²) in [7, 11) is 0. The second-order valence-corrected chi connectivity index (χ2v) is 14.4. The maximum atomic E-state index is 10.8. The molecule has 5 saturated carbocycles. The van der Waals surface area contributed by atoms with E-state index in [0.717, 1.165) is 30.1 Å². The summed E-state index contributed by atoms with van der Waals surface area (Å²) in [5.74, 6) is 3.46. The standard InChI is InChI=1S/C30H50O/c1-20(2)9-8-10-21(3)22-13-15-28(7)24-12-11-23-26(4,5)25(31)14-16-29(23)19-30(24,29)18-17-27(22,28)6/h21-25,31H,1,8-19H2,2-7H3/t21-,22-,23+,24+,25+,27-,28+,29-,30+/m1/s1. The Balaban J connectivity index is 1.39. The van der Waals surface area contributed by atoms with Gasteiger partial charge in [-0.25, -0.2) is 0 Å². The Kier molecular flexibility index (Phi) is 4.98. The highest BCUT2D eigenvalue weighted by molar-refractivity contribution is 5.30. The van der Waals surface area contributed by atoms with Crippen LogP contribution in [0, 0.1) is 50.7 Å². The molecule has 0 aromatic carbocycles. The van der Waals surface area contributed by atoms with Crippen molar-refractivity contribution >= 4 is 0 Å². The van der Waals surface area contributed by atoms with E-state index in [1.54, 1.807) is 0 Å². The van der Waals surface area contributed by atoms with Crippen molar-refractivity contribution in [1.82, 2.24) is 0 Å². The number of aliphatic hydroxyl groups excluding tert-OH is 1. The predicted molar refractivity (Wildman–Crippen MR) is 131 cm³/mol. The Morgan fingerprint density at radius 3 is 2.29 bits per heavy atom. The number of hydrogen-bond acceptors (Lipinski definition) is 1. The van der Waals surface area contributed by atoms with Gasteiger partial charge in [0.25, 0.3) is 0 Å². The van der Waals surface area contributed by atoms with Crippen LogP contribution in [0.5, 0.6) is 0 Å². The van der Waals surface area contributed by atoms with Gasteiger partial charge in [-0.3, -0.25) is 0 Å². The van der Waals surface area contributed by atoms with E-state index in [0.29, 0.717) is 21.7 Å². The van der Waals surface area contributed by atoms with E-state index in [1.165, 1.54) is 76.2 Å². The number of hydrogen-bond donors (Lipinski definition) is 1. The van der Waals surface area contributed by atoms with Crippen molar-refractivity contribution < 1.29 is 5.11 Å². The fraction of sp³-hybridized carbons (Fsp3) is 0.933. The molecule has 0 unspecified atom stereocenters. The predicted octanol–water partition coefficient (Wildman–Crippen LogP) is 8.17. The maximum Gasteiger partial charge on any atom is 0.0594 e. The first-order chi connectivity index (χ1) is 14.4. The largest absolute Gasteiger partial charge is 0.393 e. The lowest BCUT2D eigenvalue weighted by Gasteiger charge is -2.63. The fourth-order valence-corrected chi connectivity index (χ4v) is 11.2. The van der Waals surface area contributed by atoms with Gasteiger partial charge in [0, 0.05) is 0 Å². The zero-order valence-electron chi connectivity index (χ0n) is 21.5. The van der Waals surface area contributed by atoms with Gasteiger partial charge in [-0.15, -0.1) is 6.58 Å². The van der Waals surface area contributed by atoms with Gasteiger partial charge in [0.2, 0.25) is 0 Å². The van der Waals surface area contributed by atoms with E-state index < -0.39 is 0 Å². The van der Waals surface area contributed by atoms with Gasteiger partial charge >= 0.3 is 0 Å². The van der Waals surface area contributed by atoms with Gasteiger partial charge in [-0.05, 0) is 128 Å². The summed E-state index contributed by atoms with van der Waals surface area (Å²) in [6, 6.07) is 0. The molecule has 176 valence electrons. The Morgan fingerprint density at radius 1 is 0.903 bits per heavy atom. The molecule has 5 fully saturated rings. The SMILES string of the molecule is C=C(C)CCC[C@@H](C)[C@H]1CC[C@@]2(C)[C@@H]3CC[C@H]4C(C)(C)[C@@H](O)CC[C@@]45C[C@@]35CC[C@]12C. The third-order valence-corrected chi connectivity index (χ3v) is 13.1. The van der Waals surface area contributed by atoms with Gasteiger partial charge in [0.1, 0.15) is 0 Å². The summed E-state index contributed by atoms with van der Waals surface area (Å²) in [6.07, 6.45) is 16.4. The molecule has 5 aliphatic carbocycles. The van der Waals surface area contributed by atoms with Crippen LogP contribution in [0.1, 0.15) is 119 Å². The Bertz CT molecular complexity index is 752. The molecule has 1 heteroatoms. The smallest absolute Gasteiger partial charge is 0.0594 e. The van der Waals surface area contributed by atoms with E-state index in [-0.39, 0.29) is 11.5 Å². The average molecular weight is 427 g/mol.